The van der Waals surface area contributed by atoms with E-state index in [4.69, 9.17) is 16.0 Å². The van der Waals surface area contributed by atoms with Crippen LogP contribution in [0.15, 0.2) is 39.6 Å². The summed E-state index contributed by atoms with van der Waals surface area (Å²) in [5.74, 6) is 0.980. The number of rotatable bonds is 4. The van der Waals surface area contributed by atoms with Crippen LogP contribution in [0.1, 0.15) is 34.8 Å². The van der Waals surface area contributed by atoms with Gasteiger partial charge >= 0.3 is 0 Å². The third-order valence-corrected chi connectivity index (χ3v) is 4.71. The molecule has 0 spiro atoms. The molecule has 5 nitrogen and oxygen atoms in total. The number of hydrogen-bond donors (Lipinski definition) is 1. The molecule has 0 aliphatic rings. The van der Waals surface area contributed by atoms with Crippen LogP contribution in [0.2, 0.25) is 5.02 Å². The van der Waals surface area contributed by atoms with Crippen molar-refractivity contribution in [3.63, 3.8) is 0 Å². The molecule has 1 aromatic carbocycles. The number of carbonyl (C=O) groups excluding carboxylic acids is 1. The third kappa shape index (κ3) is 3.69. The maximum atomic E-state index is 12.2. The first kappa shape index (κ1) is 16.6. The van der Waals surface area contributed by atoms with E-state index in [0.29, 0.717) is 5.76 Å². The van der Waals surface area contributed by atoms with E-state index < -0.39 is 15.7 Å². The Morgan fingerprint density at radius 1 is 1.27 bits per heavy atom. The Hall–Kier alpha value is -1.79. The van der Waals surface area contributed by atoms with Crippen LogP contribution in [0.3, 0.4) is 0 Å². The molecule has 1 aromatic heterocycles. The molecule has 118 valence electrons. The Bertz CT molecular complexity index is 811. The van der Waals surface area contributed by atoms with Crippen LogP contribution in [0, 0.1) is 6.92 Å². The molecule has 0 unspecified atom stereocenters. The molecule has 0 radical (unpaired) electrons. The molecule has 0 aliphatic heterocycles. The molecule has 0 aliphatic carbocycles. The highest BCUT2D eigenvalue weighted by molar-refractivity contribution is 7.90. The lowest BCUT2D eigenvalue weighted by Gasteiger charge is -2.12. The molecule has 0 bridgehead atoms. The summed E-state index contributed by atoms with van der Waals surface area (Å²) >= 11 is 5.86. The summed E-state index contributed by atoms with van der Waals surface area (Å²) in [5, 5.41) is 2.84. The Balaban J connectivity index is 2.23. The molecule has 0 saturated heterocycles. The highest BCUT2D eigenvalue weighted by Crippen LogP contribution is 2.23. The summed E-state index contributed by atoms with van der Waals surface area (Å²) in [6, 6.07) is 7.40. The quantitative estimate of drug-likeness (QED) is 0.926. The van der Waals surface area contributed by atoms with Gasteiger partial charge in [0.2, 0.25) is 0 Å². The number of hydrogen-bond acceptors (Lipinski definition) is 4. The van der Waals surface area contributed by atoms with Crippen LogP contribution in [-0.4, -0.2) is 20.6 Å². The van der Waals surface area contributed by atoms with Gasteiger partial charge in [-0.2, -0.15) is 0 Å². The second-order valence-electron chi connectivity index (χ2n) is 5.06. The predicted octanol–water partition coefficient (Wildman–Crippen LogP) is 3.14. The topological polar surface area (TPSA) is 76.4 Å². The van der Waals surface area contributed by atoms with Crippen molar-refractivity contribution in [2.45, 2.75) is 24.8 Å². The molecule has 1 N–H and O–H groups in total. The lowest BCUT2D eigenvalue weighted by atomic mass is 10.2. The highest BCUT2D eigenvalue weighted by Gasteiger charge is 2.18. The van der Waals surface area contributed by atoms with Gasteiger partial charge in [0, 0.05) is 11.8 Å². The molecular weight excluding hydrogens is 326 g/mol. The largest absolute Gasteiger partial charge is 0.464 e. The van der Waals surface area contributed by atoms with E-state index in [2.05, 4.69) is 5.32 Å². The van der Waals surface area contributed by atoms with Crippen molar-refractivity contribution in [3.05, 3.63) is 52.4 Å². The van der Waals surface area contributed by atoms with E-state index in [1.807, 2.05) is 13.0 Å². The summed E-state index contributed by atoms with van der Waals surface area (Å²) in [6.07, 6.45) is 1.05. The zero-order valence-electron chi connectivity index (χ0n) is 12.4. The van der Waals surface area contributed by atoms with Gasteiger partial charge in [-0.05, 0) is 44.2 Å². The van der Waals surface area contributed by atoms with Crippen molar-refractivity contribution >= 4 is 27.3 Å². The first-order chi connectivity index (χ1) is 10.2. The van der Waals surface area contributed by atoms with Crippen LogP contribution in [0.25, 0.3) is 0 Å². The Kier molecular flexibility index (Phi) is 4.63. The molecule has 0 saturated carbocycles. The van der Waals surface area contributed by atoms with E-state index in [9.17, 15) is 13.2 Å². The molecule has 0 fully saturated rings. The van der Waals surface area contributed by atoms with E-state index in [-0.39, 0.29) is 21.5 Å². The van der Waals surface area contributed by atoms with Crippen molar-refractivity contribution in [1.29, 1.82) is 0 Å². The number of amides is 1. The number of nitrogens with one attached hydrogen (secondary N) is 1. The van der Waals surface area contributed by atoms with Crippen molar-refractivity contribution in [2.75, 3.05) is 6.26 Å². The molecular formula is C15H16ClNO4S. The van der Waals surface area contributed by atoms with E-state index in [0.717, 1.165) is 12.0 Å². The van der Waals surface area contributed by atoms with Gasteiger partial charge in [-0.15, -0.1) is 0 Å². The van der Waals surface area contributed by atoms with Gasteiger partial charge in [-0.1, -0.05) is 11.6 Å². The number of aryl methyl sites for hydroxylation is 1. The third-order valence-electron chi connectivity index (χ3n) is 3.13. The zero-order valence-corrected chi connectivity index (χ0v) is 14.0. The SMILES string of the molecule is Cc1ccc([C@@H](C)NC(=O)c2ccc(Cl)c(S(C)(=O)=O)c2)o1. The second-order valence-corrected chi connectivity index (χ2v) is 7.45. The van der Waals surface area contributed by atoms with E-state index >= 15 is 0 Å². The Morgan fingerprint density at radius 3 is 2.50 bits per heavy atom. The minimum atomic E-state index is -3.50. The van der Waals surface area contributed by atoms with Crippen LogP contribution in [-0.2, 0) is 9.84 Å². The monoisotopic (exact) mass is 341 g/mol. The number of furan rings is 1. The maximum absolute atomic E-state index is 12.2. The van der Waals surface area contributed by atoms with Crippen LogP contribution < -0.4 is 5.32 Å². The van der Waals surface area contributed by atoms with Crippen LogP contribution in [0.5, 0.6) is 0 Å². The fraction of sp³-hybridized carbons (Fsp3) is 0.267. The second kappa shape index (κ2) is 6.14. The number of carbonyl (C=O) groups is 1. The van der Waals surface area contributed by atoms with Gasteiger partial charge in [-0.25, -0.2) is 8.42 Å². The fourth-order valence-electron chi connectivity index (χ4n) is 1.97. The summed E-state index contributed by atoms with van der Waals surface area (Å²) in [7, 11) is -3.50. The number of sulfone groups is 1. The summed E-state index contributed by atoms with van der Waals surface area (Å²) in [4.78, 5) is 12.2. The smallest absolute Gasteiger partial charge is 0.251 e. The first-order valence-corrected chi connectivity index (χ1v) is 8.82. The maximum Gasteiger partial charge on any atom is 0.251 e. The Morgan fingerprint density at radius 2 is 1.95 bits per heavy atom. The van der Waals surface area contributed by atoms with Gasteiger partial charge in [0.25, 0.3) is 5.91 Å². The summed E-state index contributed by atoms with van der Waals surface area (Å²) < 4.78 is 28.7. The van der Waals surface area contributed by atoms with Crippen molar-refractivity contribution < 1.29 is 17.6 Å². The average molecular weight is 342 g/mol. The van der Waals surface area contributed by atoms with E-state index in [1.54, 1.807) is 13.0 Å². The molecule has 2 aromatic rings. The summed E-state index contributed by atoms with van der Waals surface area (Å²) in [5.41, 5.74) is 0.222. The molecule has 7 heteroatoms. The van der Waals surface area contributed by atoms with Crippen LogP contribution >= 0.6 is 11.6 Å². The lowest BCUT2D eigenvalue weighted by Crippen LogP contribution is -2.26. The van der Waals surface area contributed by atoms with Gasteiger partial charge in [0.1, 0.15) is 11.5 Å². The standard InChI is InChI=1S/C15H16ClNO4S/c1-9-4-7-13(21-9)10(2)17-15(18)11-5-6-12(16)14(8-11)22(3,19)20/h4-8,10H,1-3H3,(H,17,18)/t10-/m1/s1. The highest BCUT2D eigenvalue weighted by atomic mass is 35.5. The Labute approximate surface area is 134 Å². The molecule has 22 heavy (non-hydrogen) atoms. The zero-order chi connectivity index (χ0) is 16.5. The van der Waals surface area contributed by atoms with Crippen molar-refractivity contribution in [2.24, 2.45) is 0 Å². The first-order valence-electron chi connectivity index (χ1n) is 6.55. The van der Waals surface area contributed by atoms with Crippen molar-refractivity contribution in [1.82, 2.24) is 5.32 Å². The predicted molar refractivity (Wildman–Crippen MR) is 83.9 cm³/mol. The normalized spacial score (nSPS) is 12.9. The molecule has 1 heterocycles. The van der Waals surface area contributed by atoms with Gasteiger partial charge in [-0.3, -0.25) is 4.79 Å². The molecule has 1 amide bonds. The minimum absolute atomic E-state index is 0.0664. The summed E-state index contributed by atoms with van der Waals surface area (Å²) in [6.45, 7) is 3.60. The van der Waals surface area contributed by atoms with Gasteiger partial charge in [0.15, 0.2) is 9.84 Å². The average Bonchev–Trinajstić information content (AvgIpc) is 2.84. The molecule has 2 rings (SSSR count). The number of benzene rings is 1. The minimum Gasteiger partial charge on any atom is -0.464 e. The van der Waals surface area contributed by atoms with Crippen LogP contribution in [0.4, 0.5) is 0 Å². The van der Waals surface area contributed by atoms with E-state index in [1.165, 1.54) is 18.2 Å². The van der Waals surface area contributed by atoms with Crippen molar-refractivity contribution in [3.8, 4) is 0 Å². The molecule has 1 atom stereocenters. The fourth-order valence-corrected chi connectivity index (χ4v) is 3.27. The number of halogens is 1. The van der Waals surface area contributed by atoms with Gasteiger partial charge in [0.05, 0.1) is 16.0 Å². The lowest BCUT2D eigenvalue weighted by molar-refractivity contribution is 0.0935. The van der Waals surface area contributed by atoms with Gasteiger partial charge < -0.3 is 9.73 Å².